The minimum Gasteiger partial charge on any atom is -0.366 e. The summed E-state index contributed by atoms with van der Waals surface area (Å²) < 4.78 is 27.1. The van der Waals surface area contributed by atoms with E-state index < -0.39 is 17.5 Å². The van der Waals surface area contributed by atoms with Gasteiger partial charge in [0.15, 0.2) is 11.6 Å². The summed E-state index contributed by atoms with van der Waals surface area (Å²) >= 11 is 6.01. The Hall–Kier alpha value is -2.14. The van der Waals surface area contributed by atoms with Crippen LogP contribution in [0.2, 0.25) is 5.02 Å². The minimum absolute atomic E-state index is 0.152. The smallest absolute Gasteiger partial charge is 0.250 e. The van der Waals surface area contributed by atoms with E-state index in [0.717, 1.165) is 17.7 Å². The van der Waals surface area contributed by atoms with Crippen molar-refractivity contribution in [2.75, 3.05) is 5.32 Å². The second-order valence-electron chi connectivity index (χ2n) is 4.26. The predicted molar refractivity (Wildman–Crippen MR) is 74.3 cm³/mol. The Morgan fingerprint density at radius 3 is 2.55 bits per heavy atom. The number of aryl methyl sites for hydroxylation is 1. The van der Waals surface area contributed by atoms with Crippen LogP contribution < -0.4 is 11.1 Å². The highest BCUT2D eigenvalue weighted by atomic mass is 35.5. The monoisotopic (exact) mass is 296 g/mol. The van der Waals surface area contributed by atoms with Gasteiger partial charge in [-0.25, -0.2) is 8.78 Å². The van der Waals surface area contributed by atoms with Crippen LogP contribution >= 0.6 is 11.6 Å². The van der Waals surface area contributed by atoms with Gasteiger partial charge in [0.2, 0.25) is 0 Å². The Kier molecular flexibility index (Phi) is 3.90. The number of carbonyl (C=O) groups excluding carboxylic acids is 1. The number of hydrogen-bond donors (Lipinski definition) is 2. The van der Waals surface area contributed by atoms with Crippen LogP contribution in [0.3, 0.4) is 0 Å². The SMILES string of the molecule is Cc1ccc(Nc2c(C(N)=O)ccc(F)c2F)c(Cl)c1. The summed E-state index contributed by atoms with van der Waals surface area (Å²) in [6.07, 6.45) is 0. The van der Waals surface area contributed by atoms with Crippen molar-refractivity contribution in [3.63, 3.8) is 0 Å². The third-order valence-corrected chi connectivity index (χ3v) is 3.06. The molecule has 20 heavy (non-hydrogen) atoms. The van der Waals surface area contributed by atoms with Crippen molar-refractivity contribution in [1.82, 2.24) is 0 Å². The van der Waals surface area contributed by atoms with Gasteiger partial charge in [-0.3, -0.25) is 4.79 Å². The topological polar surface area (TPSA) is 55.1 Å². The molecule has 0 atom stereocenters. The summed E-state index contributed by atoms with van der Waals surface area (Å²) in [5, 5.41) is 2.93. The molecule has 0 aliphatic rings. The normalized spacial score (nSPS) is 10.4. The van der Waals surface area contributed by atoms with Crippen molar-refractivity contribution in [2.24, 2.45) is 5.73 Å². The van der Waals surface area contributed by atoms with E-state index in [4.69, 9.17) is 17.3 Å². The molecule has 104 valence electrons. The van der Waals surface area contributed by atoms with E-state index in [1.807, 2.05) is 6.92 Å². The number of rotatable bonds is 3. The maximum absolute atomic E-state index is 13.8. The van der Waals surface area contributed by atoms with Gasteiger partial charge in [-0.1, -0.05) is 17.7 Å². The molecule has 0 spiro atoms. The predicted octanol–water partition coefficient (Wildman–Crippen LogP) is 3.77. The highest BCUT2D eigenvalue weighted by Gasteiger charge is 2.18. The van der Waals surface area contributed by atoms with Crippen molar-refractivity contribution in [3.8, 4) is 0 Å². The van der Waals surface area contributed by atoms with Crippen LogP contribution in [0.25, 0.3) is 0 Å². The Balaban J connectivity index is 2.52. The fraction of sp³-hybridized carbons (Fsp3) is 0.0714. The average Bonchev–Trinajstić information content (AvgIpc) is 2.37. The van der Waals surface area contributed by atoms with Gasteiger partial charge in [-0.15, -0.1) is 0 Å². The lowest BCUT2D eigenvalue weighted by Gasteiger charge is -2.13. The molecule has 0 fully saturated rings. The standard InChI is InChI=1S/C14H11ClF2N2O/c1-7-2-5-11(9(15)6-7)19-13-8(14(18)20)3-4-10(16)12(13)17/h2-6,19H,1H3,(H2,18,20). The number of hydrogen-bond acceptors (Lipinski definition) is 2. The van der Waals surface area contributed by atoms with Crippen LogP contribution in [-0.4, -0.2) is 5.91 Å². The molecule has 0 aromatic heterocycles. The van der Waals surface area contributed by atoms with Crippen LogP contribution in [0.5, 0.6) is 0 Å². The number of nitrogens with two attached hydrogens (primary N) is 1. The molecule has 0 saturated heterocycles. The van der Waals surface area contributed by atoms with E-state index in [2.05, 4.69) is 5.32 Å². The molecule has 2 aromatic carbocycles. The molecule has 0 radical (unpaired) electrons. The molecular formula is C14H11ClF2N2O. The maximum atomic E-state index is 13.8. The molecule has 0 bridgehead atoms. The summed E-state index contributed by atoms with van der Waals surface area (Å²) in [5.74, 6) is -3.13. The highest BCUT2D eigenvalue weighted by molar-refractivity contribution is 6.33. The molecule has 2 aromatic rings. The molecule has 0 heterocycles. The molecule has 0 aliphatic heterocycles. The largest absolute Gasteiger partial charge is 0.366 e. The summed E-state index contributed by atoms with van der Waals surface area (Å²) in [5.41, 5.74) is 5.93. The number of nitrogens with one attached hydrogen (secondary N) is 1. The molecule has 3 nitrogen and oxygen atoms in total. The Bertz CT molecular complexity index is 689. The van der Waals surface area contributed by atoms with Gasteiger partial charge in [0, 0.05) is 0 Å². The Morgan fingerprint density at radius 2 is 1.95 bits per heavy atom. The molecule has 1 amide bonds. The lowest BCUT2D eigenvalue weighted by Crippen LogP contribution is -2.15. The maximum Gasteiger partial charge on any atom is 0.250 e. The molecule has 0 aliphatic carbocycles. The second-order valence-corrected chi connectivity index (χ2v) is 4.66. The van der Waals surface area contributed by atoms with E-state index in [-0.39, 0.29) is 11.3 Å². The first-order valence-electron chi connectivity index (χ1n) is 5.71. The number of primary amides is 1. The first-order valence-corrected chi connectivity index (χ1v) is 6.09. The zero-order valence-electron chi connectivity index (χ0n) is 10.5. The van der Waals surface area contributed by atoms with Crippen LogP contribution in [0.1, 0.15) is 15.9 Å². The molecule has 0 unspecified atom stereocenters. The summed E-state index contributed by atoms with van der Waals surface area (Å²) in [4.78, 5) is 11.3. The van der Waals surface area contributed by atoms with E-state index in [9.17, 15) is 13.6 Å². The Morgan fingerprint density at radius 1 is 1.25 bits per heavy atom. The van der Waals surface area contributed by atoms with E-state index in [1.165, 1.54) is 0 Å². The van der Waals surface area contributed by atoms with Gasteiger partial charge in [0.1, 0.15) is 0 Å². The van der Waals surface area contributed by atoms with Crippen molar-refractivity contribution in [1.29, 1.82) is 0 Å². The third-order valence-electron chi connectivity index (χ3n) is 2.74. The number of carbonyl (C=O) groups is 1. The van der Waals surface area contributed by atoms with E-state index in [0.29, 0.717) is 10.7 Å². The lowest BCUT2D eigenvalue weighted by molar-refractivity contribution is 0.100. The zero-order chi connectivity index (χ0) is 14.9. The van der Waals surface area contributed by atoms with Gasteiger partial charge in [-0.05, 0) is 36.8 Å². The Labute approximate surface area is 119 Å². The van der Waals surface area contributed by atoms with E-state index in [1.54, 1.807) is 18.2 Å². The zero-order valence-corrected chi connectivity index (χ0v) is 11.3. The molecule has 0 saturated carbocycles. The number of halogens is 3. The molecule has 3 N–H and O–H groups in total. The second kappa shape index (κ2) is 5.46. The van der Waals surface area contributed by atoms with Crippen molar-refractivity contribution >= 4 is 28.9 Å². The number of anilines is 2. The van der Waals surface area contributed by atoms with Crippen molar-refractivity contribution in [3.05, 3.63) is 58.1 Å². The highest BCUT2D eigenvalue weighted by Crippen LogP contribution is 2.30. The fourth-order valence-corrected chi connectivity index (χ4v) is 2.02. The summed E-state index contributed by atoms with van der Waals surface area (Å²) in [6, 6.07) is 6.97. The summed E-state index contributed by atoms with van der Waals surface area (Å²) in [6.45, 7) is 1.84. The van der Waals surface area contributed by atoms with Crippen LogP contribution in [0.15, 0.2) is 30.3 Å². The van der Waals surface area contributed by atoms with Gasteiger partial charge in [-0.2, -0.15) is 0 Å². The first-order chi connectivity index (χ1) is 9.40. The van der Waals surface area contributed by atoms with Crippen LogP contribution in [0, 0.1) is 18.6 Å². The molecule has 6 heteroatoms. The van der Waals surface area contributed by atoms with Gasteiger partial charge >= 0.3 is 0 Å². The number of amides is 1. The third kappa shape index (κ3) is 2.72. The van der Waals surface area contributed by atoms with E-state index >= 15 is 0 Å². The van der Waals surface area contributed by atoms with Crippen LogP contribution in [0.4, 0.5) is 20.2 Å². The first kappa shape index (κ1) is 14.3. The lowest BCUT2D eigenvalue weighted by atomic mass is 10.1. The van der Waals surface area contributed by atoms with Gasteiger partial charge in [0.25, 0.3) is 5.91 Å². The van der Waals surface area contributed by atoms with Crippen LogP contribution in [-0.2, 0) is 0 Å². The molecular weight excluding hydrogens is 286 g/mol. The minimum atomic E-state index is -1.18. The molecule has 2 rings (SSSR count). The quantitative estimate of drug-likeness (QED) is 0.906. The number of benzene rings is 2. The van der Waals surface area contributed by atoms with Crippen molar-refractivity contribution < 1.29 is 13.6 Å². The van der Waals surface area contributed by atoms with Gasteiger partial charge in [0.05, 0.1) is 22.0 Å². The average molecular weight is 297 g/mol. The summed E-state index contributed by atoms with van der Waals surface area (Å²) in [7, 11) is 0. The van der Waals surface area contributed by atoms with Crippen molar-refractivity contribution in [2.45, 2.75) is 6.92 Å². The van der Waals surface area contributed by atoms with Gasteiger partial charge < -0.3 is 11.1 Å². The fourth-order valence-electron chi connectivity index (χ4n) is 1.73.